The van der Waals surface area contributed by atoms with Gasteiger partial charge >= 0.3 is 0 Å². The van der Waals surface area contributed by atoms with Crippen LogP contribution in [-0.4, -0.2) is 38.2 Å². The molecule has 0 amide bonds. The van der Waals surface area contributed by atoms with Crippen LogP contribution in [0.5, 0.6) is 0 Å². The Labute approximate surface area is 150 Å². The Morgan fingerprint density at radius 3 is 2.48 bits per heavy atom. The summed E-state index contributed by atoms with van der Waals surface area (Å²) in [5, 5.41) is 42.1. The van der Waals surface area contributed by atoms with E-state index in [4.69, 9.17) is 6.42 Å². The van der Waals surface area contributed by atoms with Gasteiger partial charge in [-0.05, 0) is 73.7 Å². The van der Waals surface area contributed by atoms with Gasteiger partial charge in [-0.25, -0.2) is 0 Å². The van der Waals surface area contributed by atoms with Crippen LogP contribution < -0.4 is 0 Å². The maximum Gasteiger partial charge on any atom is 0.156 e. The van der Waals surface area contributed by atoms with Gasteiger partial charge in [0.25, 0.3) is 0 Å². The highest BCUT2D eigenvalue weighted by Gasteiger charge is 2.67. The lowest BCUT2D eigenvalue weighted by Gasteiger charge is -2.58. The molecule has 4 rings (SSSR count). The number of hydrogen-bond donors (Lipinski definition) is 4. The molecular weight excluding hydrogens is 316 g/mol. The van der Waals surface area contributed by atoms with Crippen molar-refractivity contribution in [3.63, 3.8) is 0 Å². The summed E-state index contributed by atoms with van der Waals surface area (Å²) in [5.74, 6) is 3.74. The first kappa shape index (κ1) is 17.4. The molecule has 4 N–H and O–H groups in total. The van der Waals surface area contributed by atoms with Crippen molar-refractivity contribution in [3.8, 4) is 12.3 Å². The van der Waals surface area contributed by atoms with Crippen molar-refractivity contribution in [1.82, 2.24) is 0 Å². The largest absolute Gasteiger partial charge is 0.510 e. The minimum Gasteiger partial charge on any atom is -0.510 e. The summed E-state index contributed by atoms with van der Waals surface area (Å²) in [5.41, 5.74) is -0.933. The number of terminal acetylenes is 1. The predicted molar refractivity (Wildman–Crippen MR) is 94.5 cm³/mol. The minimum absolute atomic E-state index is 0.0879. The first-order valence-electron chi connectivity index (χ1n) is 9.68. The lowest BCUT2D eigenvalue weighted by Crippen LogP contribution is -2.56. The Hall–Kier alpha value is -1.02. The normalized spacial score (nSPS) is 55.1. The minimum atomic E-state index is -1.44. The molecule has 0 spiro atoms. The molecule has 0 bridgehead atoms. The van der Waals surface area contributed by atoms with Crippen LogP contribution in [0, 0.1) is 40.9 Å². The van der Waals surface area contributed by atoms with Gasteiger partial charge in [0.1, 0.15) is 11.9 Å². The average Bonchev–Trinajstić information content (AvgIpc) is 2.79. The zero-order chi connectivity index (χ0) is 18.2. The van der Waals surface area contributed by atoms with Crippen molar-refractivity contribution >= 4 is 0 Å². The van der Waals surface area contributed by atoms with Crippen molar-refractivity contribution < 1.29 is 20.4 Å². The third kappa shape index (κ3) is 1.95. The van der Waals surface area contributed by atoms with Gasteiger partial charge in [-0.3, -0.25) is 0 Å². The summed E-state index contributed by atoms with van der Waals surface area (Å²) in [6, 6.07) is 0. The molecule has 0 aromatic heterocycles. The van der Waals surface area contributed by atoms with Crippen LogP contribution in [0.1, 0.15) is 58.8 Å². The Morgan fingerprint density at radius 2 is 1.80 bits per heavy atom. The van der Waals surface area contributed by atoms with E-state index >= 15 is 0 Å². The van der Waals surface area contributed by atoms with Crippen molar-refractivity contribution in [2.45, 2.75) is 76.6 Å². The van der Waals surface area contributed by atoms with E-state index in [1.807, 2.05) is 0 Å². The quantitative estimate of drug-likeness (QED) is 0.508. The van der Waals surface area contributed by atoms with E-state index in [1.165, 1.54) is 0 Å². The van der Waals surface area contributed by atoms with Crippen LogP contribution in [0.3, 0.4) is 0 Å². The van der Waals surface area contributed by atoms with Gasteiger partial charge in [-0.1, -0.05) is 19.8 Å². The second kappa shape index (κ2) is 5.25. The summed E-state index contributed by atoms with van der Waals surface area (Å²) in [7, 11) is 0. The summed E-state index contributed by atoms with van der Waals surface area (Å²) < 4.78 is 0. The summed E-state index contributed by atoms with van der Waals surface area (Å²) >= 11 is 0. The fraction of sp³-hybridized carbons (Fsp3) is 0.810. The first-order valence-corrected chi connectivity index (χ1v) is 9.68. The first-order chi connectivity index (χ1) is 11.7. The molecule has 8 atom stereocenters. The Bertz CT molecular complexity index is 663. The second-order valence-electron chi connectivity index (χ2n) is 9.37. The maximum atomic E-state index is 11.0. The van der Waals surface area contributed by atoms with E-state index in [2.05, 4.69) is 19.8 Å². The van der Waals surface area contributed by atoms with E-state index in [9.17, 15) is 20.4 Å². The van der Waals surface area contributed by atoms with Crippen LogP contribution in [0.25, 0.3) is 0 Å². The molecule has 0 saturated heterocycles. The number of fused-ring (bicyclic) bond motifs is 5. The molecule has 0 unspecified atom stereocenters. The zero-order valence-corrected chi connectivity index (χ0v) is 15.2. The standard InChI is InChI=1S/C21H30O4/c1-4-21(25)17(23)11-15-12-5-6-14-18(24)16(22)8-9-19(14,2)13(12)7-10-20(15,21)3/h1,12-13,15-17,22-25H,5-11H2,2-3H3/t12-,13+,15+,16+,17-,19-,20+,21+/m1/s1. The molecule has 0 radical (unpaired) electrons. The third-order valence-electron chi connectivity index (χ3n) is 8.67. The predicted octanol–water partition coefficient (Wildman–Crippen LogP) is 2.53. The topological polar surface area (TPSA) is 80.9 Å². The van der Waals surface area contributed by atoms with E-state index in [0.29, 0.717) is 24.7 Å². The maximum absolute atomic E-state index is 11.0. The van der Waals surface area contributed by atoms with E-state index in [1.54, 1.807) is 0 Å². The molecule has 4 heteroatoms. The van der Waals surface area contributed by atoms with Crippen LogP contribution >= 0.6 is 0 Å². The Morgan fingerprint density at radius 1 is 1.08 bits per heavy atom. The highest BCUT2D eigenvalue weighted by molar-refractivity contribution is 5.31. The number of aliphatic hydroxyl groups excluding tert-OH is 3. The van der Waals surface area contributed by atoms with Crippen LogP contribution in [0.15, 0.2) is 11.3 Å². The van der Waals surface area contributed by atoms with Crippen LogP contribution in [-0.2, 0) is 0 Å². The van der Waals surface area contributed by atoms with Gasteiger partial charge < -0.3 is 20.4 Å². The average molecular weight is 346 g/mol. The lowest BCUT2D eigenvalue weighted by atomic mass is 9.46. The SMILES string of the molecule is C#C[C@]1(O)[C@H](O)C[C@H]2[C@@H]3CCC4=C(O)[C@@H](O)CC[C@]4(C)[C@H]3CC[C@@]21C. The molecule has 0 aromatic rings. The van der Waals surface area contributed by atoms with Crippen molar-refractivity contribution in [2.75, 3.05) is 0 Å². The highest BCUT2D eigenvalue weighted by Crippen LogP contribution is 2.67. The van der Waals surface area contributed by atoms with Gasteiger partial charge in [-0.15, -0.1) is 6.42 Å². The fourth-order valence-corrected chi connectivity index (χ4v) is 7.11. The molecule has 3 fully saturated rings. The molecule has 4 aliphatic carbocycles. The number of rotatable bonds is 0. The molecule has 138 valence electrons. The van der Waals surface area contributed by atoms with E-state index in [-0.39, 0.29) is 17.1 Å². The molecule has 4 aliphatic rings. The van der Waals surface area contributed by atoms with Crippen LogP contribution in [0.4, 0.5) is 0 Å². The van der Waals surface area contributed by atoms with Gasteiger partial charge in [0.2, 0.25) is 0 Å². The molecule has 0 aromatic carbocycles. The van der Waals surface area contributed by atoms with Crippen molar-refractivity contribution in [3.05, 3.63) is 11.3 Å². The zero-order valence-electron chi connectivity index (χ0n) is 15.2. The molecule has 0 aliphatic heterocycles. The Balaban J connectivity index is 1.73. The molecule has 4 nitrogen and oxygen atoms in total. The van der Waals surface area contributed by atoms with Crippen molar-refractivity contribution in [2.24, 2.45) is 28.6 Å². The highest BCUT2D eigenvalue weighted by atomic mass is 16.3. The summed E-state index contributed by atoms with van der Waals surface area (Å²) in [6.07, 6.45) is 9.59. The molecule has 25 heavy (non-hydrogen) atoms. The number of allylic oxidation sites excluding steroid dienone is 1. The smallest absolute Gasteiger partial charge is 0.156 e. The van der Waals surface area contributed by atoms with Gasteiger partial charge in [0.15, 0.2) is 5.60 Å². The van der Waals surface area contributed by atoms with Gasteiger partial charge in [0, 0.05) is 5.41 Å². The van der Waals surface area contributed by atoms with E-state index < -0.39 is 23.2 Å². The molecular formula is C21H30O4. The van der Waals surface area contributed by atoms with Crippen LogP contribution in [0.2, 0.25) is 0 Å². The number of hydrogen-bond acceptors (Lipinski definition) is 4. The van der Waals surface area contributed by atoms with Crippen molar-refractivity contribution in [1.29, 1.82) is 0 Å². The Kier molecular flexibility index (Phi) is 3.65. The molecule has 0 heterocycles. The molecule has 3 saturated carbocycles. The van der Waals surface area contributed by atoms with Gasteiger partial charge in [0.05, 0.1) is 6.10 Å². The number of aliphatic hydroxyl groups is 4. The lowest BCUT2D eigenvalue weighted by molar-refractivity contribution is -0.122. The summed E-state index contributed by atoms with van der Waals surface area (Å²) in [6.45, 7) is 4.29. The summed E-state index contributed by atoms with van der Waals surface area (Å²) in [4.78, 5) is 0. The fourth-order valence-electron chi connectivity index (χ4n) is 7.11. The third-order valence-corrected chi connectivity index (χ3v) is 8.67. The second-order valence-corrected chi connectivity index (χ2v) is 9.37. The van der Waals surface area contributed by atoms with E-state index in [0.717, 1.165) is 37.7 Å². The van der Waals surface area contributed by atoms with Gasteiger partial charge in [-0.2, -0.15) is 0 Å². The monoisotopic (exact) mass is 346 g/mol.